The van der Waals surface area contributed by atoms with E-state index in [4.69, 9.17) is 15.2 Å². The first-order valence-electron chi connectivity index (χ1n) is 9.74. The van der Waals surface area contributed by atoms with E-state index in [0.29, 0.717) is 12.6 Å². The quantitative estimate of drug-likeness (QED) is 0.698. The standard InChI is InChI=1S/C23H27N3O2/c1-14(2)26-22-10-5-16(11-20(22)15(3)25-26)13-28-18-7-8-19-17(12-18)6-9-21(24)23(19)27-4/h5,7-8,10-12,14H,6,9,13,24H2,1-4H3. The van der Waals surface area contributed by atoms with Crippen LogP contribution < -0.4 is 10.5 Å². The fraction of sp³-hybridized carbons (Fsp3) is 0.348. The van der Waals surface area contributed by atoms with E-state index in [-0.39, 0.29) is 0 Å². The minimum absolute atomic E-state index is 0.342. The molecule has 0 saturated carbocycles. The average molecular weight is 377 g/mol. The van der Waals surface area contributed by atoms with Crippen LogP contribution in [0.1, 0.15) is 48.7 Å². The Bertz CT molecular complexity index is 1060. The van der Waals surface area contributed by atoms with E-state index in [9.17, 15) is 0 Å². The molecule has 1 aromatic heterocycles. The number of rotatable bonds is 5. The lowest BCUT2D eigenvalue weighted by molar-refractivity contribution is 0.305. The number of hydrogen-bond acceptors (Lipinski definition) is 4. The summed E-state index contributed by atoms with van der Waals surface area (Å²) in [6, 6.07) is 12.9. The van der Waals surface area contributed by atoms with Gasteiger partial charge in [0.15, 0.2) is 0 Å². The number of aryl methyl sites for hydroxylation is 2. The predicted octanol–water partition coefficient (Wildman–Crippen LogP) is 4.72. The number of nitrogens with zero attached hydrogens (tertiary/aromatic N) is 2. The number of ether oxygens (including phenoxy) is 2. The van der Waals surface area contributed by atoms with Gasteiger partial charge < -0.3 is 15.2 Å². The van der Waals surface area contributed by atoms with Crippen LogP contribution in [0.25, 0.3) is 16.7 Å². The van der Waals surface area contributed by atoms with Gasteiger partial charge in [0.2, 0.25) is 0 Å². The van der Waals surface area contributed by atoms with E-state index in [1.807, 2.05) is 12.1 Å². The number of nitrogens with two attached hydrogens (primary N) is 1. The molecule has 2 N–H and O–H groups in total. The molecule has 0 bridgehead atoms. The molecule has 2 aromatic carbocycles. The molecule has 0 amide bonds. The maximum atomic E-state index is 6.08. The molecule has 5 heteroatoms. The molecule has 0 aliphatic heterocycles. The molecule has 1 aliphatic rings. The Morgan fingerprint density at radius 2 is 1.96 bits per heavy atom. The summed E-state index contributed by atoms with van der Waals surface area (Å²) in [5.74, 6) is 1.65. The van der Waals surface area contributed by atoms with Gasteiger partial charge in [-0.3, -0.25) is 4.68 Å². The van der Waals surface area contributed by atoms with Crippen molar-refractivity contribution in [3.05, 3.63) is 64.5 Å². The van der Waals surface area contributed by atoms with Gasteiger partial charge in [-0.2, -0.15) is 5.10 Å². The Labute approximate surface area is 165 Å². The smallest absolute Gasteiger partial charge is 0.145 e. The zero-order valence-corrected chi connectivity index (χ0v) is 17.0. The molecular formula is C23H27N3O2. The summed E-state index contributed by atoms with van der Waals surface area (Å²) in [5, 5.41) is 5.85. The van der Waals surface area contributed by atoms with E-state index in [1.165, 1.54) is 16.5 Å². The largest absolute Gasteiger partial charge is 0.494 e. The summed E-state index contributed by atoms with van der Waals surface area (Å²) in [6.45, 7) is 6.88. The predicted molar refractivity (Wildman–Crippen MR) is 112 cm³/mol. The van der Waals surface area contributed by atoms with Crippen LogP contribution >= 0.6 is 0 Å². The summed E-state index contributed by atoms with van der Waals surface area (Å²) in [4.78, 5) is 0. The normalized spacial score (nSPS) is 13.9. The molecule has 4 rings (SSSR count). The van der Waals surface area contributed by atoms with Crippen LogP contribution in [0.5, 0.6) is 5.75 Å². The molecule has 1 heterocycles. The molecular weight excluding hydrogens is 350 g/mol. The van der Waals surface area contributed by atoms with Gasteiger partial charge in [0.25, 0.3) is 0 Å². The first-order chi connectivity index (χ1) is 13.5. The summed E-state index contributed by atoms with van der Waals surface area (Å²) in [7, 11) is 1.67. The third-order valence-electron chi connectivity index (χ3n) is 5.33. The van der Waals surface area contributed by atoms with Crippen molar-refractivity contribution >= 4 is 16.7 Å². The van der Waals surface area contributed by atoms with Crippen molar-refractivity contribution in [3.63, 3.8) is 0 Å². The second-order valence-electron chi connectivity index (χ2n) is 7.64. The Balaban J connectivity index is 1.55. The van der Waals surface area contributed by atoms with Crippen LogP contribution in [0.15, 0.2) is 42.1 Å². The molecule has 0 atom stereocenters. The highest BCUT2D eigenvalue weighted by Crippen LogP contribution is 2.32. The maximum Gasteiger partial charge on any atom is 0.145 e. The fourth-order valence-electron chi connectivity index (χ4n) is 3.88. The number of aromatic nitrogens is 2. The Kier molecular flexibility index (Phi) is 4.75. The Morgan fingerprint density at radius 1 is 1.14 bits per heavy atom. The topological polar surface area (TPSA) is 62.3 Å². The van der Waals surface area contributed by atoms with E-state index < -0.39 is 0 Å². The van der Waals surface area contributed by atoms with Gasteiger partial charge in [0.05, 0.1) is 24.0 Å². The minimum Gasteiger partial charge on any atom is -0.494 e. The summed E-state index contributed by atoms with van der Waals surface area (Å²) in [6.07, 6.45) is 1.72. The molecule has 0 fully saturated rings. The Morgan fingerprint density at radius 3 is 2.71 bits per heavy atom. The number of allylic oxidation sites excluding steroid dienone is 1. The molecule has 1 aliphatic carbocycles. The van der Waals surface area contributed by atoms with Crippen molar-refractivity contribution < 1.29 is 9.47 Å². The van der Waals surface area contributed by atoms with Crippen molar-refractivity contribution in [1.82, 2.24) is 9.78 Å². The maximum absolute atomic E-state index is 6.08. The zero-order chi connectivity index (χ0) is 19.8. The van der Waals surface area contributed by atoms with Crippen molar-refractivity contribution in [2.75, 3.05) is 7.11 Å². The van der Waals surface area contributed by atoms with Crippen molar-refractivity contribution in [2.45, 2.75) is 46.3 Å². The van der Waals surface area contributed by atoms with Gasteiger partial charge in [-0.25, -0.2) is 0 Å². The van der Waals surface area contributed by atoms with Crippen LogP contribution in [-0.2, 0) is 17.8 Å². The third-order valence-corrected chi connectivity index (χ3v) is 5.33. The van der Waals surface area contributed by atoms with Gasteiger partial charge in [0, 0.05) is 17.0 Å². The van der Waals surface area contributed by atoms with Crippen LogP contribution in [-0.4, -0.2) is 16.9 Å². The molecule has 3 aromatic rings. The van der Waals surface area contributed by atoms with Crippen LogP contribution in [0.3, 0.4) is 0 Å². The van der Waals surface area contributed by atoms with Crippen LogP contribution in [0.4, 0.5) is 0 Å². The number of methoxy groups -OCH3 is 1. The monoisotopic (exact) mass is 377 g/mol. The van der Waals surface area contributed by atoms with Crippen molar-refractivity contribution in [2.24, 2.45) is 5.73 Å². The van der Waals surface area contributed by atoms with Crippen molar-refractivity contribution in [1.29, 1.82) is 0 Å². The van der Waals surface area contributed by atoms with Crippen LogP contribution in [0.2, 0.25) is 0 Å². The second-order valence-corrected chi connectivity index (χ2v) is 7.64. The summed E-state index contributed by atoms with van der Waals surface area (Å²) < 4.78 is 13.6. The molecule has 0 radical (unpaired) electrons. The lowest BCUT2D eigenvalue weighted by Crippen LogP contribution is -2.12. The number of hydrogen-bond donors (Lipinski definition) is 1. The van der Waals surface area contributed by atoms with Crippen LogP contribution in [0, 0.1) is 6.92 Å². The molecule has 0 unspecified atom stereocenters. The van der Waals surface area contributed by atoms with Gasteiger partial charge in [-0.1, -0.05) is 6.07 Å². The SMILES string of the molecule is COC1=C(N)CCc2cc(OCc3ccc4c(c3)c(C)nn4C(C)C)ccc21. The summed E-state index contributed by atoms with van der Waals surface area (Å²) >= 11 is 0. The van der Waals surface area contributed by atoms with Gasteiger partial charge in [-0.05, 0) is 75.1 Å². The van der Waals surface area contributed by atoms with E-state index >= 15 is 0 Å². The van der Waals surface area contributed by atoms with E-state index in [0.717, 1.165) is 46.9 Å². The Hall–Kier alpha value is -2.95. The van der Waals surface area contributed by atoms with Gasteiger partial charge >= 0.3 is 0 Å². The molecule has 0 spiro atoms. The highest BCUT2D eigenvalue weighted by molar-refractivity contribution is 5.82. The molecule has 0 saturated heterocycles. The first kappa shape index (κ1) is 18.4. The zero-order valence-electron chi connectivity index (χ0n) is 17.0. The lowest BCUT2D eigenvalue weighted by atomic mass is 9.93. The number of fused-ring (bicyclic) bond motifs is 2. The molecule has 5 nitrogen and oxygen atoms in total. The first-order valence-corrected chi connectivity index (χ1v) is 9.74. The fourth-order valence-corrected chi connectivity index (χ4v) is 3.88. The third kappa shape index (κ3) is 3.21. The average Bonchev–Trinajstić information content (AvgIpc) is 3.03. The van der Waals surface area contributed by atoms with Gasteiger partial charge in [-0.15, -0.1) is 0 Å². The lowest BCUT2D eigenvalue weighted by Gasteiger charge is -2.21. The van der Waals surface area contributed by atoms with E-state index in [1.54, 1.807) is 7.11 Å². The highest BCUT2D eigenvalue weighted by atomic mass is 16.5. The van der Waals surface area contributed by atoms with Gasteiger partial charge in [0.1, 0.15) is 18.1 Å². The minimum atomic E-state index is 0.342. The van der Waals surface area contributed by atoms with Crippen molar-refractivity contribution in [3.8, 4) is 5.75 Å². The molecule has 28 heavy (non-hydrogen) atoms. The highest BCUT2D eigenvalue weighted by Gasteiger charge is 2.18. The summed E-state index contributed by atoms with van der Waals surface area (Å²) in [5.41, 5.74) is 12.5. The molecule has 146 valence electrons. The van der Waals surface area contributed by atoms with E-state index in [2.05, 4.69) is 54.8 Å². The number of benzene rings is 2. The second kappa shape index (κ2) is 7.23.